The minimum Gasteiger partial charge on any atom is -0.494 e. The van der Waals surface area contributed by atoms with E-state index in [0.29, 0.717) is 41.3 Å². The highest BCUT2D eigenvalue weighted by molar-refractivity contribution is 5.66. The number of benzene rings is 2. The Morgan fingerprint density at radius 2 is 1.55 bits per heavy atom. The van der Waals surface area contributed by atoms with Crippen LogP contribution >= 0.6 is 0 Å². The number of methoxy groups -OCH3 is 3. The number of nitrogens with zero attached hydrogens (tertiary/aromatic N) is 3. The van der Waals surface area contributed by atoms with Crippen molar-refractivity contribution in [1.82, 2.24) is 15.2 Å². The van der Waals surface area contributed by atoms with E-state index in [2.05, 4.69) is 25.8 Å². The van der Waals surface area contributed by atoms with Gasteiger partial charge in [0, 0.05) is 23.5 Å². The Morgan fingerprint density at radius 1 is 0.862 bits per heavy atom. The number of aromatic nitrogens is 3. The van der Waals surface area contributed by atoms with Crippen LogP contribution in [0.2, 0.25) is 0 Å². The minimum atomic E-state index is 0.315. The van der Waals surface area contributed by atoms with Crippen molar-refractivity contribution in [3.63, 3.8) is 0 Å². The molecular formula is C20H23N5O4. The zero-order valence-corrected chi connectivity index (χ0v) is 16.7. The maximum absolute atomic E-state index is 5.45. The predicted molar refractivity (Wildman–Crippen MR) is 110 cm³/mol. The van der Waals surface area contributed by atoms with Gasteiger partial charge in [-0.1, -0.05) is 0 Å². The number of ether oxygens (including phenoxy) is 4. The van der Waals surface area contributed by atoms with Crippen LogP contribution in [-0.2, 0) is 0 Å². The molecule has 1 heterocycles. The Balaban J connectivity index is 1.77. The van der Waals surface area contributed by atoms with Crippen molar-refractivity contribution in [1.29, 1.82) is 0 Å². The van der Waals surface area contributed by atoms with Crippen molar-refractivity contribution in [3.8, 4) is 23.0 Å². The normalized spacial score (nSPS) is 10.2. The molecule has 0 atom stereocenters. The van der Waals surface area contributed by atoms with Gasteiger partial charge in [-0.05, 0) is 31.2 Å². The van der Waals surface area contributed by atoms with Crippen LogP contribution in [0.15, 0.2) is 42.6 Å². The van der Waals surface area contributed by atoms with Gasteiger partial charge in [0.05, 0.1) is 34.1 Å². The van der Waals surface area contributed by atoms with Gasteiger partial charge in [0.1, 0.15) is 5.75 Å². The summed E-state index contributed by atoms with van der Waals surface area (Å²) in [6.45, 7) is 2.57. The van der Waals surface area contributed by atoms with Gasteiger partial charge in [0.2, 0.25) is 11.7 Å². The smallest absolute Gasteiger partial charge is 0.249 e. The lowest BCUT2D eigenvalue weighted by Crippen LogP contribution is -2.03. The summed E-state index contributed by atoms with van der Waals surface area (Å²) in [6.07, 6.45) is 1.54. The van der Waals surface area contributed by atoms with Gasteiger partial charge in [-0.25, -0.2) is 0 Å². The molecule has 29 heavy (non-hydrogen) atoms. The SMILES string of the molecule is CCOc1ccc(Nc2cnnc(Nc3cc(OC)c(OC)c(OC)c3)n2)cc1. The van der Waals surface area contributed by atoms with Crippen molar-refractivity contribution in [2.45, 2.75) is 6.92 Å². The number of hydrogen-bond acceptors (Lipinski definition) is 9. The first-order chi connectivity index (χ1) is 14.2. The first-order valence-electron chi connectivity index (χ1n) is 8.93. The van der Waals surface area contributed by atoms with Crippen molar-refractivity contribution < 1.29 is 18.9 Å². The van der Waals surface area contributed by atoms with Crippen LogP contribution in [0.1, 0.15) is 6.92 Å². The monoisotopic (exact) mass is 397 g/mol. The van der Waals surface area contributed by atoms with Crippen molar-refractivity contribution in [2.75, 3.05) is 38.6 Å². The highest BCUT2D eigenvalue weighted by Gasteiger charge is 2.14. The second kappa shape index (κ2) is 9.45. The van der Waals surface area contributed by atoms with Gasteiger partial charge in [-0.2, -0.15) is 10.1 Å². The third kappa shape index (κ3) is 4.95. The fourth-order valence-corrected chi connectivity index (χ4v) is 2.65. The molecule has 0 fully saturated rings. The third-order valence-electron chi connectivity index (χ3n) is 3.92. The van der Waals surface area contributed by atoms with Crippen molar-refractivity contribution >= 4 is 23.1 Å². The number of rotatable bonds is 9. The number of nitrogens with one attached hydrogen (secondary N) is 2. The summed E-state index contributed by atoms with van der Waals surface area (Å²) in [5.74, 6) is 3.21. The van der Waals surface area contributed by atoms with Crippen LogP contribution in [0.25, 0.3) is 0 Å². The molecule has 0 radical (unpaired) electrons. The van der Waals surface area contributed by atoms with E-state index in [-0.39, 0.29) is 0 Å². The molecule has 2 aromatic carbocycles. The summed E-state index contributed by atoms with van der Waals surface area (Å²) in [7, 11) is 4.66. The zero-order chi connectivity index (χ0) is 20.6. The maximum atomic E-state index is 5.45. The molecule has 3 aromatic rings. The molecular weight excluding hydrogens is 374 g/mol. The second-order valence-electron chi connectivity index (χ2n) is 5.79. The van der Waals surface area contributed by atoms with Gasteiger partial charge in [0.15, 0.2) is 17.3 Å². The average Bonchev–Trinajstić information content (AvgIpc) is 2.75. The summed E-state index contributed by atoms with van der Waals surface area (Å²) in [5, 5.41) is 14.3. The molecule has 0 unspecified atom stereocenters. The van der Waals surface area contributed by atoms with E-state index in [0.717, 1.165) is 11.4 Å². The molecule has 0 bridgehead atoms. The van der Waals surface area contributed by atoms with E-state index >= 15 is 0 Å². The Labute approximate surface area is 169 Å². The lowest BCUT2D eigenvalue weighted by molar-refractivity contribution is 0.324. The van der Waals surface area contributed by atoms with Crippen LogP contribution in [0, 0.1) is 0 Å². The highest BCUT2D eigenvalue weighted by atomic mass is 16.5. The standard InChI is InChI=1S/C20H23N5O4/c1-5-29-15-8-6-13(7-9-15)22-18-12-21-25-20(24-18)23-14-10-16(26-2)19(28-4)17(11-14)27-3/h6-12H,5H2,1-4H3,(H2,22,23,24,25). The third-order valence-corrected chi connectivity index (χ3v) is 3.92. The van der Waals surface area contributed by atoms with Crippen LogP contribution in [0.5, 0.6) is 23.0 Å². The summed E-state index contributed by atoms with van der Waals surface area (Å²) < 4.78 is 21.5. The molecule has 1 aromatic heterocycles. The first-order valence-corrected chi connectivity index (χ1v) is 8.93. The second-order valence-corrected chi connectivity index (χ2v) is 5.79. The van der Waals surface area contributed by atoms with E-state index in [9.17, 15) is 0 Å². The topological polar surface area (TPSA) is 99.7 Å². The molecule has 152 valence electrons. The molecule has 3 rings (SSSR count). The summed E-state index contributed by atoms with van der Waals surface area (Å²) in [6, 6.07) is 11.1. The van der Waals surface area contributed by atoms with Gasteiger partial charge >= 0.3 is 0 Å². The molecule has 2 N–H and O–H groups in total. The Morgan fingerprint density at radius 3 is 2.14 bits per heavy atom. The van der Waals surface area contributed by atoms with Crippen LogP contribution in [0.3, 0.4) is 0 Å². The van der Waals surface area contributed by atoms with Crippen LogP contribution in [0.4, 0.5) is 23.1 Å². The molecule has 0 aliphatic heterocycles. The van der Waals surface area contributed by atoms with Crippen LogP contribution in [-0.4, -0.2) is 43.1 Å². The Hall–Kier alpha value is -3.75. The Kier molecular flexibility index (Phi) is 6.51. The largest absolute Gasteiger partial charge is 0.494 e. The van der Waals surface area contributed by atoms with Gasteiger partial charge < -0.3 is 29.6 Å². The fourth-order valence-electron chi connectivity index (χ4n) is 2.65. The molecule has 9 nitrogen and oxygen atoms in total. The maximum Gasteiger partial charge on any atom is 0.249 e. The number of anilines is 4. The number of hydrogen-bond donors (Lipinski definition) is 2. The molecule has 0 spiro atoms. The molecule has 0 saturated carbocycles. The lowest BCUT2D eigenvalue weighted by Gasteiger charge is -2.14. The van der Waals surface area contributed by atoms with Gasteiger partial charge in [0.25, 0.3) is 0 Å². The summed E-state index contributed by atoms with van der Waals surface area (Å²) in [4.78, 5) is 4.44. The van der Waals surface area contributed by atoms with E-state index in [4.69, 9.17) is 18.9 Å². The zero-order valence-electron chi connectivity index (χ0n) is 16.7. The minimum absolute atomic E-state index is 0.315. The van der Waals surface area contributed by atoms with E-state index in [1.807, 2.05) is 31.2 Å². The highest BCUT2D eigenvalue weighted by Crippen LogP contribution is 2.40. The summed E-state index contributed by atoms with van der Waals surface area (Å²) >= 11 is 0. The Bertz CT molecular complexity index is 925. The van der Waals surface area contributed by atoms with Gasteiger partial charge in [-0.3, -0.25) is 0 Å². The lowest BCUT2D eigenvalue weighted by atomic mass is 10.2. The molecule has 0 saturated heterocycles. The molecule has 0 aliphatic rings. The molecule has 0 aliphatic carbocycles. The quantitative estimate of drug-likeness (QED) is 0.558. The molecule has 0 amide bonds. The predicted octanol–water partition coefficient (Wildman–Crippen LogP) is 3.78. The fraction of sp³-hybridized carbons (Fsp3) is 0.250. The van der Waals surface area contributed by atoms with E-state index < -0.39 is 0 Å². The van der Waals surface area contributed by atoms with Crippen molar-refractivity contribution in [3.05, 3.63) is 42.6 Å². The van der Waals surface area contributed by atoms with E-state index in [1.165, 1.54) is 6.20 Å². The first kappa shape index (κ1) is 20.0. The summed E-state index contributed by atoms with van der Waals surface area (Å²) in [5.41, 5.74) is 1.52. The van der Waals surface area contributed by atoms with E-state index in [1.54, 1.807) is 33.5 Å². The van der Waals surface area contributed by atoms with Crippen molar-refractivity contribution in [2.24, 2.45) is 0 Å². The average molecular weight is 397 g/mol. The molecule has 9 heteroatoms. The van der Waals surface area contributed by atoms with Crippen LogP contribution < -0.4 is 29.6 Å². The van der Waals surface area contributed by atoms with Gasteiger partial charge in [-0.15, -0.1) is 5.10 Å².